The van der Waals surface area contributed by atoms with Gasteiger partial charge in [-0.25, -0.2) is 9.97 Å². The van der Waals surface area contributed by atoms with Crippen molar-refractivity contribution in [3.05, 3.63) is 46.9 Å². The summed E-state index contributed by atoms with van der Waals surface area (Å²) in [7, 11) is 0. The summed E-state index contributed by atoms with van der Waals surface area (Å²) in [5.74, 6) is 1.74. The molecular weight excluding hydrogens is 262 g/mol. The fourth-order valence-electron chi connectivity index (χ4n) is 2.18. The molecule has 4 nitrogen and oxygen atoms in total. The molecule has 0 fully saturated rings. The molecule has 1 N–H and O–H groups in total. The predicted octanol–water partition coefficient (Wildman–Crippen LogP) is 2.85. The number of benzene rings is 1. The van der Waals surface area contributed by atoms with Crippen LogP contribution in [0.3, 0.4) is 0 Å². The number of halogens is 1. The number of nitrogens with zero attached hydrogens (tertiary/aromatic N) is 2. The van der Waals surface area contributed by atoms with Gasteiger partial charge in [-0.2, -0.15) is 0 Å². The van der Waals surface area contributed by atoms with E-state index >= 15 is 0 Å². The van der Waals surface area contributed by atoms with Crippen molar-refractivity contribution in [3.8, 4) is 5.75 Å². The lowest BCUT2D eigenvalue weighted by atomic mass is 10.1. The number of hydrogen-bond donors (Lipinski definition) is 1. The Morgan fingerprint density at radius 3 is 3.11 bits per heavy atom. The topological polar surface area (TPSA) is 47.0 Å². The third-order valence-electron chi connectivity index (χ3n) is 3.15. The molecule has 3 rings (SSSR count). The molecule has 0 bridgehead atoms. The van der Waals surface area contributed by atoms with Crippen molar-refractivity contribution in [2.24, 2.45) is 0 Å². The fraction of sp³-hybridized carbons (Fsp3) is 0.286. The number of anilines is 1. The van der Waals surface area contributed by atoms with Crippen molar-refractivity contribution in [1.82, 2.24) is 9.97 Å². The maximum Gasteiger partial charge on any atom is 0.224 e. The lowest BCUT2D eigenvalue weighted by molar-refractivity contribution is 0.246. The van der Waals surface area contributed by atoms with E-state index in [-0.39, 0.29) is 11.4 Å². The molecule has 2 aromatic rings. The van der Waals surface area contributed by atoms with Crippen LogP contribution in [0.4, 0.5) is 5.82 Å². The van der Waals surface area contributed by atoms with Gasteiger partial charge >= 0.3 is 0 Å². The molecule has 0 spiro atoms. The van der Waals surface area contributed by atoms with E-state index in [4.69, 9.17) is 16.3 Å². The molecule has 1 aliphatic rings. The Hall–Kier alpha value is -1.81. The van der Waals surface area contributed by atoms with Gasteiger partial charge in [-0.3, -0.25) is 0 Å². The zero-order valence-electron chi connectivity index (χ0n) is 10.6. The second-order valence-electron chi connectivity index (χ2n) is 4.60. The molecule has 0 aliphatic carbocycles. The summed E-state index contributed by atoms with van der Waals surface area (Å²) >= 11 is 5.79. The van der Waals surface area contributed by atoms with Crippen molar-refractivity contribution in [2.45, 2.75) is 19.4 Å². The maximum absolute atomic E-state index is 5.86. The number of ether oxygens (including phenoxy) is 1. The van der Waals surface area contributed by atoms with E-state index < -0.39 is 0 Å². The van der Waals surface area contributed by atoms with Crippen molar-refractivity contribution in [1.29, 1.82) is 0 Å². The smallest absolute Gasteiger partial charge is 0.224 e. The number of para-hydroxylation sites is 1. The Morgan fingerprint density at radius 2 is 2.26 bits per heavy atom. The lowest BCUT2D eigenvalue weighted by Crippen LogP contribution is -2.24. The number of aromatic nitrogens is 2. The van der Waals surface area contributed by atoms with Gasteiger partial charge in [0, 0.05) is 18.2 Å². The van der Waals surface area contributed by atoms with Gasteiger partial charge in [-0.05, 0) is 30.2 Å². The summed E-state index contributed by atoms with van der Waals surface area (Å²) in [5, 5.41) is 3.52. The third-order valence-corrected chi connectivity index (χ3v) is 3.34. The van der Waals surface area contributed by atoms with E-state index in [1.54, 1.807) is 6.20 Å². The van der Waals surface area contributed by atoms with Gasteiger partial charge in [0.05, 0.1) is 6.54 Å². The van der Waals surface area contributed by atoms with Gasteiger partial charge in [0.15, 0.2) is 0 Å². The normalized spacial score (nSPS) is 16.8. The number of nitrogens with one attached hydrogen (secondary N) is 1. The first-order valence-corrected chi connectivity index (χ1v) is 6.58. The molecule has 0 amide bonds. The van der Waals surface area contributed by atoms with Gasteiger partial charge in [-0.15, -0.1) is 0 Å². The van der Waals surface area contributed by atoms with E-state index in [1.807, 2.05) is 25.1 Å². The Labute approximate surface area is 116 Å². The minimum absolute atomic E-state index is 0.130. The third kappa shape index (κ3) is 2.63. The summed E-state index contributed by atoms with van der Waals surface area (Å²) in [6, 6.07) is 8.12. The second-order valence-corrected chi connectivity index (χ2v) is 4.94. The van der Waals surface area contributed by atoms with Gasteiger partial charge < -0.3 is 10.1 Å². The number of rotatable bonds is 3. The van der Waals surface area contributed by atoms with Crippen LogP contribution in [0.2, 0.25) is 5.28 Å². The minimum Gasteiger partial charge on any atom is -0.488 e. The van der Waals surface area contributed by atoms with E-state index in [2.05, 4.69) is 21.4 Å². The molecule has 19 heavy (non-hydrogen) atoms. The summed E-state index contributed by atoms with van der Waals surface area (Å²) in [4.78, 5) is 8.11. The first-order valence-electron chi connectivity index (χ1n) is 6.20. The highest BCUT2D eigenvalue weighted by Crippen LogP contribution is 2.28. The zero-order valence-corrected chi connectivity index (χ0v) is 11.3. The molecule has 0 radical (unpaired) electrons. The highest BCUT2D eigenvalue weighted by molar-refractivity contribution is 6.28. The molecule has 1 unspecified atom stereocenters. The number of hydrogen-bond acceptors (Lipinski definition) is 4. The summed E-state index contributed by atoms with van der Waals surface area (Å²) in [5.41, 5.74) is 2.23. The molecule has 98 valence electrons. The monoisotopic (exact) mass is 275 g/mol. The molecule has 0 saturated heterocycles. The lowest BCUT2D eigenvalue weighted by Gasteiger charge is -2.13. The largest absolute Gasteiger partial charge is 0.488 e. The molecule has 1 aromatic heterocycles. The van der Waals surface area contributed by atoms with Crippen LogP contribution >= 0.6 is 11.6 Å². The minimum atomic E-state index is 0.130. The van der Waals surface area contributed by atoms with Gasteiger partial charge in [0.1, 0.15) is 17.7 Å². The fourth-order valence-corrected chi connectivity index (χ4v) is 2.31. The van der Waals surface area contributed by atoms with Gasteiger partial charge in [-0.1, -0.05) is 18.2 Å². The Balaban J connectivity index is 1.64. The van der Waals surface area contributed by atoms with Gasteiger partial charge in [0.25, 0.3) is 0 Å². The SMILES string of the molecule is Cc1cnc(Cl)nc1NCC1Cc2ccccc2O1. The Morgan fingerprint density at radius 1 is 1.42 bits per heavy atom. The molecular formula is C14H14ClN3O. The first kappa shape index (κ1) is 12.2. The summed E-state index contributed by atoms with van der Waals surface area (Å²) < 4.78 is 5.86. The molecule has 5 heteroatoms. The van der Waals surface area contributed by atoms with Crippen LogP contribution in [-0.4, -0.2) is 22.6 Å². The molecule has 0 saturated carbocycles. The molecule has 1 aliphatic heterocycles. The van der Waals surface area contributed by atoms with Crippen LogP contribution in [0.15, 0.2) is 30.5 Å². The van der Waals surface area contributed by atoms with Crippen LogP contribution < -0.4 is 10.1 Å². The number of aryl methyl sites for hydroxylation is 1. The van der Waals surface area contributed by atoms with Crippen LogP contribution in [0.1, 0.15) is 11.1 Å². The average Bonchev–Trinajstić information content (AvgIpc) is 2.82. The standard InChI is InChI=1S/C14H14ClN3O/c1-9-7-17-14(15)18-13(9)16-8-11-6-10-4-2-3-5-12(10)19-11/h2-5,7,11H,6,8H2,1H3,(H,16,17,18). The Kier molecular flexibility index (Phi) is 3.25. The van der Waals surface area contributed by atoms with Crippen LogP contribution in [0, 0.1) is 6.92 Å². The van der Waals surface area contributed by atoms with Crippen molar-refractivity contribution >= 4 is 17.4 Å². The van der Waals surface area contributed by atoms with Gasteiger partial charge in [0.2, 0.25) is 5.28 Å². The van der Waals surface area contributed by atoms with Crippen molar-refractivity contribution in [3.63, 3.8) is 0 Å². The zero-order chi connectivity index (χ0) is 13.2. The summed E-state index contributed by atoms with van der Waals surface area (Å²) in [6.45, 7) is 2.64. The highest BCUT2D eigenvalue weighted by Gasteiger charge is 2.22. The number of fused-ring (bicyclic) bond motifs is 1. The molecule has 1 aromatic carbocycles. The highest BCUT2D eigenvalue weighted by atomic mass is 35.5. The Bertz CT molecular complexity index is 578. The molecule has 1 atom stereocenters. The van der Waals surface area contributed by atoms with Crippen LogP contribution in [-0.2, 0) is 6.42 Å². The van der Waals surface area contributed by atoms with E-state index in [0.717, 1.165) is 23.6 Å². The van der Waals surface area contributed by atoms with Crippen LogP contribution in [0.5, 0.6) is 5.75 Å². The average molecular weight is 276 g/mol. The predicted molar refractivity (Wildman–Crippen MR) is 74.8 cm³/mol. The molecule has 2 heterocycles. The van der Waals surface area contributed by atoms with Crippen molar-refractivity contribution in [2.75, 3.05) is 11.9 Å². The van der Waals surface area contributed by atoms with E-state index in [1.165, 1.54) is 5.56 Å². The maximum atomic E-state index is 5.86. The van der Waals surface area contributed by atoms with E-state index in [9.17, 15) is 0 Å². The van der Waals surface area contributed by atoms with Crippen LogP contribution in [0.25, 0.3) is 0 Å². The summed E-state index contributed by atoms with van der Waals surface area (Å²) in [6.07, 6.45) is 2.76. The quantitative estimate of drug-likeness (QED) is 0.875. The second kappa shape index (κ2) is 5.05. The first-order chi connectivity index (χ1) is 9.22. The van der Waals surface area contributed by atoms with Crippen molar-refractivity contribution < 1.29 is 4.74 Å². The van der Waals surface area contributed by atoms with E-state index in [0.29, 0.717) is 6.54 Å².